The second-order valence-corrected chi connectivity index (χ2v) is 7.33. The van der Waals surface area contributed by atoms with Crippen molar-refractivity contribution in [3.05, 3.63) is 0 Å². The average Bonchev–Trinajstić information content (AvgIpc) is 3.19. The molecule has 0 radical (unpaired) electrons. The van der Waals surface area contributed by atoms with Crippen molar-refractivity contribution in [2.45, 2.75) is 56.9 Å². The quantitative estimate of drug-likeness (QED) is 0.575. The predicted molar refractivity (Wildman–Crippen MR) is 77.9 cm³/mol. The average molecular weight is 280 g/mol. The molecule has 4 unspecified atom stereocenters. The van der Waals surface area contributed by atoms with Crippen LogP contribution in [-0.4, -0.2) is 54.7 Å². The summed E-state index contributed by atoms with van der Waals surface area (Å²) in [7, 11) is 0. The van der Waals surface area contributed by atoms with Gasteiger partial charge >= 0.3 is 0 Å². The monoisotopic (exact) mass is 280 g/mol. The van der Waals surface area contributed by atoms with E-state index >= 15 is 0 Å². The van der Waals surface area contributed by atoms with E-state index in [1.54, 1.807) is 0 Å². The first-order chi connectivity index (χ1) is 9.81. The van der Waals surface area contributed by atoms with Gasteiger partial charge < -0.3 is 10.4 Å². The highest BCUT2D eigenvalue weighted by Gasteiger charge is 2.50. The van der Waals surface area contributed by atoms with Gasteiger partial charge in [-0.15, -0.1) is 0 Å². The van der Waals surface area contributed by atoms with Crippen LogP contribution in [0, 0.1) is 11.3 Å². The van der Waals surface area contributed by atoms with Crippen molar-refractivity contribution in [1.29, 1.82) is 0 Å². The third-order valence-electron chi connectivity index (χ3n) is 6.20. The summed E-state index contributed by atoms with van der Waals surface area (Å²) in [4.78, 5) is 2.61. The Labute approximate surface area is 121 Å². The minimum Gasteiger partial charge on any atom is -0.395 e. The van der Waals surface area contributed by atoms with E-state index in [9.17, 15) is 5.11 Å². The van der Waals surface area contributed by atoms with Crippen molar-refractivity contribution in [1.82, 2.24) is 20.9 Å². The van der Waals surface area contributed by atoms with Crippen LogP contribution in [0.15, 0.2) is 0 Å². The molecule has 0 bridgehead atoms. The molecule has 4 aliphatic rings. The van der Waals surface area contributed by atoms with Gasteiger partial charge in [0.25, 0.3) is 0 Å². The Hall–Kier alpha value is -0.200. The summed E-state index contributed by atoms with van der Waals surface area (Å²) in [5.41, 5.74) is 0.515. The molecule has 3 saturated heterocycles. The summed E-state index contributed by atoms with van der Waals surface area (Å²) < 4.78 is 0. The second kappa shape index (κ2) is 5.21. The molecule has 4 atom stereocenters. The van der Waals surface area contributed by atoms with Crippen molar-refractivity contribution in [3.63, 3.8) is 0 Å². The van der Waals surface area contributed by atoms with Gasteiger partial charge in [-0.3, -0.25) is 15.5 Å². The van der Waals surface area contributed by atoms with Gasteiger partial charge in [0.15, 0.2) is 0 Å². The summed E-state index contributed by atoms with van der Waals surface area (Å²) in [5.74, 6) is 0.634. The summed E-state index contributed by atoms with van der Waals surface area (Å²) in [6.45, 7) is 3.50. The Balaban J connectivity index is 1.53. The first-order valence-corrected chi connectivity index (χ1v) is 8.38. The summed E-state index contributed by atoms with van der Waals surface area (Å²) in [6, 6.07) is 0.366. The van der Waals surface area contributed by atoms with Gasteiger partial charge in [0.2, 0.25) is 0 Å². The number of nitrogens with one attached hydrogen (secondary N) is 3. The molecule has 3 aliphatic heterocycles. The van der Waals surface area contributed by atoms with Crippen molar-refractivity contribution >= 4 is 0 Å². The number of fused-ring (bicyclic) bond motifs is 1. The first-order valence-electron chi connectivity index (χ1n) is 8.38. The topological polar surface area (TPSA) is 59.6 Å². The van der Waals surface area contributed by atoms with Crippen LogP contribution in [0.3, 0.4) is 0 Å². The molecule has 1 spiro atoms. The fourth-order valence-electron chi connectivity index (χ4n) is 5.26. The third kappa shape index (κ3) is 2.11. The Morgan fingerprint density at radius 3 is 2.80 bits per heavy atom. The Morgan fingerprint density at radius 2 is 2.00 bits per heavy atom. The zero-order valence-corrected chi connectivity index (χ0v) is 12.3. The van der Waals surface area contributed by atoms with Crippen molar-refractivity contribution < 1.29 is 5.11 Å². The zero-order valence-electron chi connectivity index (χ0n) is 12.3. The molecule has 4 N–H and O–H groups in total. The number of aliphatic hydroxyl groups excluding tert-OH is 1. The van der Waals surface area contributed by atoms with Crippen LogP contribution in [0.1, 0.15) is 38.5 Å². The molecule has 4 fully saturated rings. The molecule has 20 heavy (non-hydrogen) atoms. The van der Waals surface area contributed by atoms with Gasteiger partial charge in [-0.2, -0.15) is 0 Å². The molecular weight excluding hydrogens is 252 g/mol. The standard InChI is InChI=1S/C15H28N4O/c20-8-11-7-15(4-1-2-5-15)9-19(11)14-12-3-6-16-13(12)17-10-18-14/h11-14,16-18,20H,1-10H2. The molecule has 0 aromatic heterocycles. The number of aliphatic hydroxyl groups is 1. The third-order valence-corrected chi connectivity index (χ3v) is 6.20. The fraction of sp³-hybridized carbons (Fsp3) is 1.00. The summed E-state index contributed by atoms with van der Waals surface area (Å²) >= 11 is 0. The molecular formula is C15H28N4O. The van der Waals surface area contributed by atoms with Crippen molar-refractivity contribution in [2.75, 3.05) is 26.4 Å². The number of rotatable bonds is 2. The van der Waals surface area contributed by atoms with Gasteiger partial charge in [0, 0.05) is 25.2 Å². The molecule has 0 aromatic rings. The largest absolute Gasteiger partial charge is 0.395 e. The van der Waals surface area contributed by atoms with Crippen LogP contribution in [0.5, 0.6) is 0 Å². The van der Waals surface area contributed by atoms with Crippen LogP contribution in [-0.2, 0) is 0 Å². The number of hydrogen-bond donors (Lipinski definition) is 4. The Kier molecular flexibility index (Phi) is 3.51. The van der Waals surface area contributed by atoms with Gasteiger partial charge in [0.05, 0.1) is 18.9 Å². The summed E-state index contributed by atoms with van der Waals surface area (Å²) in [5, 5.41) is 20.6. The minimum atomic E-state index is 0.318. The lowest BCUT2D eigenvalue weighted by molar-refractivity contribution is 0.0350. The number of likely N-dealkylation sites (tertiary alicyclic amines) is 1. The minimum absolute atomic E-state index is 0.318. The van der Waals surface area contributed by atoms with Crippen LogP contribution in [0.2, 0.25) is 0 Å². The van der Waals surface area contributed by atoms with E-state index in [2.05, 4.69) is 20.9 Å². The molecule has 3 heterocycles. The van der Waals surface area contributed by atoms with Crippen LogP contribution in [0.4, 0.5) is 0 Å². The molecule has 0 aromatic carbocycles. The fourth-order valence-corrected chi connectivity index (χ4v) is 5.26. The summed E-state index contributed by atoms with van der Waals surface area (Å²) in [6.07, 6.45) is 8.86. The van der Waals surface area contributed by atoms with Crippen LogP contribution in [0.25, 0.3) is 0 Å². The van der Waals surface area contributed by atoms with E-state index in [-0.39, 0.29) is 0 Å². The number of nitrogens with zero attached hydrogens (tertiary/aromatic N) is 1. The van der Waals surface area contributed by atoms with Crippen molar-refractivity contribution in [2.24, 2.45) is 11.3 Å². The molecule has 1 saturated carbocycles. The smallest absolute Gasteiger partial charge is 0.0667 e. The lowest BCUT2D eigenvalue weighted by Gasteiger charge is -2.43. The van der Waals surface area contributed by atoms with E-state index in [0.29, 0.717) is 36.3 Å². The maximum atomic E-state index is 9.85. The SMILES string of the molecule is OCC1CC2(CCCC2)CN1C1NCNC2NCCC21. The molecule has 114 valence electrons. The van der Waals surface area contributed by atoms with Gasteiger partial charge in [0.1, 0.15) is 0 Å². The lowest BCUT2D eigenvalue weighted by atomic mass is 9.84. The lowest BCUT2D eigenvalue weighted by Crippen LogP contribution is -2.65. The van der Waals surface area contributed by atoms with E-state index in [1.807, 2.05) is 0 Å². The van der Waals surface area contributed by atoms with Gasteiger partial charge in [-0.05, 0) is 37.6 Å². The highest BCUT2D eigenvalue weighted by atomic mass is 16.3. The predicted octanol–water partition coefficient (Wildman–Crippen LogP) is 0.0254. The van der Waals surface area contributed by atoms with Crippen molar-refractivity contribution in [3.8, 4) is 0 Å². The van der Waals surface area contributed by atoms with E-state index in [0.717, 1.165) is 13.2 Å². The van der Waals surface area contributed by atoms with E-state index in [4.69, 9.17) is 0 Å². The molecule has 5 heteroatoms. The second-order valence-electron chi connectivity index (χ2n) is 7.33. The molecule has 4 rings (SSSR count). The highest BCUT2D eigenvalue weighted by molar-refractivity contribution is 5.03. The maximum Gasteiger partial charge on any atom is 0.0667 e. The Morgan fingerprint density at radius 1 is 1.15 bits per heavy atom. The van der Waals surface area contributed by atoms with Crippen LogP contribution < -0.4 is 16.0 Å². The van der Waals surface area contributed by atoms with E-state index in [1.165, 1.54) is 45.1 Å². The zero-order chi connectivity index (χ0) is 13.6. The van der Waals surface area contributed by atoms with E-state index < -0.39 is 0 Å². The normalized spacial score (nSPS) is 44.2. The highest BCUT2D eigenvalue weighted by Crippen LogP contribution is 2.48. The maximum absolute atomic E-state index is 9.85. The van der Waals surface area contributed by atoms with Gasteiger partial charge in [-0.25, -0.2) is 0 Å². The Bertz CT molecular complexity index is 358. The number of hydrogen-bond acceptors (Lipinski definition) is 5. The molecule has 0 amide bonds. The van der Waals surface area contributed by atoms with Gasteiger partial charge in [-0.1, -0.05) is 12.8 Å². The molecule has 5 nitrogen and oxygen atoms in total. The van der Waals surface area contributed by atoms with Crippen LogP contribution >= 0.6 is 0 Å². The molecule has 1 aliphatic carbocycles. The first kappa shape index (κ1) is 13.5.